The molecule has 0 saturated carbocycles. The van der Waals surface area contributed by atoms with Crippen molar-refractivity contribution in [3.05, 3.63) is 58.5 Å². The Morgan fingerprint density at radius 2 is 2.00 bits per heavy atom. The molecular formula is C24H30N3O3S+. The van der Waals surface area contributed by atoms with E-state index >= 15 is 0 Å². The maximum Gasteiger partial charge on any atom is 0.262 e. The van der Waals surface area contributed by atoms with Crippen molar-refractivity contribution in [2.45, 2.75) is 25.2 Å². The summed E-state index contributed by atoms with van der Waals surface area (Å²) in [7, 11) is 1.62. The SMILES string of the molecule is CC[NH+](CC)CCCNC(=O)c1ccc2c(c1)NC(=O)C(=Cc1cccc(OC)c1)S2. The molecule has 0 fully saturated rings. The molecule has 1 aliphatic heterocycles. The monoisotopic (exact) mass is 440 g/mol. The Balaban J connectivity index is 1.64. The van der Waals surface area contributed by atoms with Crippen LogP contribution >= 0.6 is 11.8 Å². The summed E-state index contributed by atoms with van der Waals surface area (Å²) in [6, 6.07) is 13.0. The zero-order chi connectivity index (χ0) is 22.2. The number of anilines is 1. The van der Waals surface area contributed by atoms with Gasteiger partial charge in [-0.1, -0.05) is 23.9 Å². The van der Waals surface area contributed by atoms with Crippen LogP contribution < -0.4 is 20.3 Å². The van der Waals surface area contributed by atoms with Gasteiger partial charge in [0.25, 0.3) is 11.8 Å². The summed E-state index contributed by atoms with van der Waals surface area (Å²) in [5.41, 5.74) is 2.11. The van der Waals surface area contributed by atoms with E-state index in [2.05, 4.69) is 24.5 Å². The number of quaternary nitrogens is 1. The second-order valence-corrected chi connectivity index (χ2v) is 8.45. The van der Waals surface area contributed by atoms with Crippen molar-refractivity contribution in [3.8, 4) is 5.75 Å². The van der Waals surface area contributed by atoms with Crippen molar-refractivity contribution >= 4 is 35.3 Å². The fourth-order valence-electron chi connectivity index (χ4n) is 3.43. The predicted octanol–water partition coefficient (Wildman–Crippen LogP) is 2.83. The fourth-order valence-corrected chi connectivity index (χ4v) is 4.36. The summed E-state index contributed by atoms with van der Waals surface area (Å²) in [5, 5.41) is 5.89. The van der Waals surface area contributed by atoms with Crippen molar-refractivity contribution in [3.63, 3.8) is 0 Å². The normalized spacial score (nSPS) is 14.3. The van der Waals surface area contributed by atoms with Gasteiger partial charge in [-0.15, -0.1) is 0 Å². The van der Waals surface area contributed by atoms with Crippen molar-refractivity contribution < 1.29 is 19.2 Å². The number of rotatable bonds is 9. The van der Waals surface area contributed by atoms with Crippen LogP contribution in [0.25, 0.3) is 6.08 Å². The van der Waals surface area contributed by atoms with Crippen LogP contribution in [-0.4, -0.2) is 45.1 Å². The molecule has 0 spiro atoms. The van der Waals surface area contributed by atoms with Gasteiger partial charge in [0.1, 0.15) is 5.75 Å². The van der Waals surface area contributed by atoms with Crippen LogP contribution in [0.1, 0.15) is 36.2 Å². The number of carbonyl (C=O) groups is 2. The molecule has 0 aromatic heterocycles. The number of nitrogens with one attached hydrogen (secondary N) is 3. The molecule has 1 heterocycles. The molecule has 0 atom stereocenters. The second kappa shape index (κ2) is 11.0. The quantitative estimate of drug-likeness (QED) is 0.414. The van der Waals surface area contributed by atoms with Crippen molar-refractivity contribution in [1.82, 2.24) is 5.32 Å². The molecule has 0 unspecified atom stereocenters. The molecule has 3 N–H and O–H groups in total. The number of hydrogen-bond donors (Lipinski definition) is 3. The van der Waals surface area contributed by atoms with E-state index in [0.29, 0.717) is 22.7 Å². The first-order valence-corrected chi connectivity index (χ1v) is 11.5. The lowest BCUT2D eigenvalue weighted by atomic mass is 10.1. The lowest BCUT2D eigenvalue weighted by molar-refractivity contribution is -0.896. The number of amides is 2. The van der Waals surface area contributed by atoms with Crippen LogP contribution in [0.3, 0.4) is 0 Å². The van der Waals surface area contributed by atoms with Gasteiger partial charge in [-0.25, -0.2) is 0 Å². The number of thioether (sulfide) groups is 1. The molecule has 2 aromatic rings. The highest BCUT2D eigenvalue weighted by Gasteiger charge is 2.22. The van der Waals surface area contributed by atoms with Gasteiger partial charge >= 0.3 is 0 Å². The Morgan fingerprint density at radius 1 is 1.19 bits per heavy atom. The number of fused-ring (bicyclic) bond motifs is 1. The number of benzene rings is 2. The summed E-state index contributed by atoms with van der Waals surface area (Å²) in [6.45, 7) is 8.24. The van der Waals surface area contributed by atoms with Gasteiger partial charge in [0.2, 0.25) is 0 Å². The molecule has 164 valence electrons. The van der Waals surface area contributed by atoms with Gasteiger partial charge in [-0.3, -0.25) is 9.59 Å². The van der Waals surface area contributed by atoms with Crippen LogP contribution in [0, 0.1) is 0 Å². The first kappa shape index (κ1) is 22.9. The second-order valence-electron chi connectivity index (χ2n) is 7.37. The Kier molecular flexibility index (Phi) is 8.14. The Hall–Kier alpha value is -2.77. The van der Waals surface area contributed by atoms with Gasteiger partial charge in [-0.05, 0) is 55.8 Å². The van der Waals surface area contributed by atoms with Gasteiger partial charge in [0, 0.05) is 23.4 Å². The first-order valence-electron chi connectivity index (χ1n) is 10.6. The summed E-state index contributed by atoms with van der Waals surface area (Å²) in [5.74, 6) is 0.444. The third kappa shape index (κ3) is 6.12. The molecule has 2 aromatic carbocycles. The highest BCUT2D eigenvalue weighted by molar-refractivity contribution is 8.04. The third-order valence-corrected chi connectivity index (χ3v) is 6.42. The Morgan fingerprint density at radius 3 is 2.74 bits per heavy atom. The predicted molar refractivity (Wildman–Crippen MR) is 126 cm³/mol. The lowest BCUT2D eigenvalue weighted by Gasteiger charge is -2.19. The van der Waals surface area contributed by atoms with Gasteiger partial charge in [-0.2, -0.15) is 0 Å². The summed E-state index contributed by atoms with van der Waals surface area (Å²) in [4.78, 5) is 28.1. The highest BCUT2D eigenvalue weighted by Crippen LogP contribution is 2.39. The zero-order valence-corrected chi connectivity index (χ0v) is 19.1. The van der Waals surface area contributed by atoms with Crippen LogP contribution in [0.15, 0.2) is 52.3 Å². The summed E-state index contributed by atoms with van der Waals surface area (Å²) in [6.07, 6.45) is 2.78. The number of hydrogen-bond acceptors (Lipinski definition) is 4. The summed E-state index contributed by atoms with van der Waals surface area (Å²) >= 11 is 1.40. The molecule has 0 radical (unpaired) electrons. The van der Waals surface area contributed by atoms with Crippen molar-refractivity contribution in [2.75, 3.05) is 38.6 Å². The molecule has 0 saturated heterocycles. The molecule has 2 amide bonds. The first-order chi connectivity index (χ1) is 15.0. The fraction of sp³-hybridized carbons (Fsp3) is 0.333. The van der Waals surface area contributed by atoms with Crippen molar-refractivity contribution in [1.29, 1.82) is 0 Å². The molecule has 0 bridgehead atoms. The van der Waals surface area contributed by atoms with Crippen LogP contribution in [0.4, 0.5) is 5.69 Å². The molecule has 7 heteroatoms. The minimum atomic E-state index is -0.180. The standard InChI is InChI=1S/C24H29N3O3S/c1-4-27(5-2)13-7-12-25-23(28)18-10-11-21-20(16-18)26-24(29)22(31-21)15-17-8-6-9-19(14-17)30-3/h6,8-11,14-16H,4-5,7,12-13H2,1-3H3,(H,25,28)(H,26,29)/p+1. The Labute approximate surface area is 188 Å². The van der Waals surface area contributed by atoms with Gasteiger partial charge in [0.15, 0.2) is 0 Å². The molecule has 31 heavy (non-hydrogen) atoms. The molecule has 0 aliphatic carbocycles. The van der Waals surface area contributed by atoms with Gasteiger partial charge < -0.3 is 20.3 Å². The molecule has 6 nitrogen and oxygen atoms in total. The number of ether oxygens (including phenoxy) is 1. The number of carbonyl (C=O) groups excluding carboxylic acids is 2. The van der Waals surface area contributed by atoms with E-state index in [-0.39, 0.29) is 11.8 Å². The van der Waals surface area contributed by atoms with E-state index < -0.39 is 0 Å². The largest absolute Gasteiger partial charge is 0.497 e. The lowest BCUT2D eigenvalue weighted by Crippen LogP contribution is -3.11. The van der Waals surface area contributed by atoms with E-state index in [1.807, 2.05) is 36.4 Å². The van der Waals surface area contributed by atoms with E-state index in [9.17, 15) is 9.59 Å². The topological polar surface area (TPSA) is 71.9 Å². The maximum absolute atomic E-state index is 12.6. The average molecular weight is 441 g/mol. The Bertz CT molecular complexity index is 970. The maximum atomic E-state index is 12.6. The highest BCUT2D eigenvalue weighted by atomic mass is 32.2. The van der Waals surface area contributed by atoms with E-state index in [0.717, 1.165) is 42.3 Å². The summed E-state index contributed by atoms with van der Waals surface area (Å²) < 4.78 is 5.25. The molecule has 3 rings (SSSR count). The smallest absolute Gasteiger partial charge is 0.262 e. The van der Waals surface area contributed by atoms with Crippen LogP contribution in [0.5, 0.6) is 5.75 Å². The van der Waals surface area contributed by atoms with Gasteiger partial charge in [0.05, 0.1) is 37.3 Å². The van der Waals surface area contributed by atoms with E-state index in [4.69, 9.17) is 4.74 Å². The average Bonchev–Trinajstić information content (AvgIpc) is 2.79. The van der Waals surface area contributed by atoms with E-state index in [1.54, 1.807) is 19.2 Å². The van der Waals surface area contributed by atoms with E-state index in [1.165, 1.54) is 16.7 Å². The molecule has 1 aliphatic rings. The van der Waals surface area contributed by atoms with Crippen LogP contribution in [-0.2, 0) is 4.79 Å². The number of methoxy groups -OCH3 is 1. The minimum absolute atomic E-state index is 0.116. The van der Waals surface area contributed by atoms with Crippen LogP contribution in [0.2, 0.25) is 0 Å². The third-order valence-electron chi connectivity index (χ3n) is 5.32. The zero-order valence-electron chi connectivity index (χ0n) is 18.3. The minimum Gasteiger partial charge on any atom is -0.497 e. The van der Waals surface area contributed by atoms with Crippen molar-refractivity contribution in [2.24, 2.45) is 0 Å². The molecular weight excluding hydrogens is 410 g/mol.